The summed E-state index contributed by atoms with van der Waals surface area (Å²) in [5.41, 5.74) is 0.160. The Morgan fingerprint density at radius 2 is 2.20 bits per heavy atom. The molecule has 0 aromatic rings. The second-order valence-electron chi connectivity index (χ2n) is 3.68. The Hall–Kier alpha value is -0.570. The molecule has 1 rings (SSSR count). The minimum Gasteiger partial charge on any atom is -0.281 e. The van der Waals surface area contributed by atoms with E-state index in [1.807, 2.05) is 0 Å². The first kappa shape index (κ1) is 7.54. The zero-order valence-electron chi connectivity index (χ0n) is 6.55. The average molecular weight is 142 g/mol. The van der Waals surface area contributed by atoms with Gasteiger partial charge < -0.3 is 0 Å². The normalized spacial score (nSPS) is 25.1. The predicted molar refractivity (Wildman–Crippen MR) is 38.9 cm³/mol. The van der Waals surface area contributed by atoms with Crippen molar-refractivity contribution in [1.29, 1.82) is 0 Å². The molecule has 1 aliphatic rings. The topological polar surface area (TPSA) is 46.3 Å². The van der Waals surface area contributed by atoms with Crippen molar-refractivity contribution < 1.29 is 4.79 Å². The number of rotatable bonds is 0. The Labute approximate surface area is 61.2 Å². The van der Waals surface area contributed by atoms with Crippen molar-refractivity contribution in [2.75, 3.05) is 6.54 Å². The van der Waals surface area contributed by atoms with E-state index in [9.17, 15) is 4.79 Å². The number of hydrogen-bond donors (Lipinski definition) is 1. The van der Waals surface area contributed by atoms with Crippen LogP contribution in [0.1, 0.15) is 26.7 Å². The molecule has 1 aliphatic heterocycles. The van der Waals surface area contributed by atoms with Crippen LogP contribution < -0.4 is 5.84 Å². The maximum atomic E-state index is 11.0. The smallest absolute Gasteiger partial charge is 0.236 e. The minimum atomic E-state index is 0.0660. The molecular formula is C7H14N2O. The number of piperidine rings is 1. The molecule has 3 heteroatoms. The summed E-state index contributed by atoms with van der Waals surface area (Å²) in [6, 6.07) is 0. The lowest BCUT2D eigenvalue weighted by molar-refractivity contribution is -0.137. The van der Waals surface area contributed by atoms with Crippen LogP contribution in [0.4, 0.5) is 0 Å². The van der Waals surface area contributed by atoms with E-state index >= 15 is 0 Å². The van der Waals surface area contributed by atoms with Gasteiger partial charge in [0.25, 0.3) is 0 Å². The molecule has 1 saturated heterocycles. The van der Waals surface area contributed by atoms with Crippen molar-refractivity contribution in [2.24, 2.45) is 11.3 Å². The van der Waals surface area contributed by atoms with E-state index in [1.165, 1.54) is 5.01 Å². The molecular weight excluding hydrogens is 128 g/mol. The summed E-state index contributed by atoms with van der Waals surface area (Å²) in [6.45, 7) is 4.89. The first-order chi connectivity index (χ1) is 4.51. The molecule has 0 aromatic carbocycles. The van der Waals surface area contributed by atoms with Crippen molar-refractivity contribution >= 4 is 5.91 Å². The number of carbonyl (C=O) groups excluding carboxylic acids is 1. The van der Waals surface area contributed by atoms with Crippen LogP contribution in [0.3, 0.4) is 0 Å². The van der Waals surface area contributed by atoms with E-state index in [1.54, 1.807) is 0 Å². The highest BCUT2D eigenvalue weighted by Gasteiger charge is 2.29. The Morgan fingerprint density at radius 3 is 2.60 bits per heavy atom. The third kappa shape index (κ3) is 1.48. The molecule has 0 aromatic heterocycles. The second-order valence-corrected chi connectivity index (χ2v) is 3.68. The quantitative estimate of drug-likeness (QED) is 0.395. The maximum Gasteiger partial charge on any atom is 0.236 e. The van der Waals surface area contributed by atoms with Crippen molar-refractivity contribution in [3.63, 3.8) is 0 Å². The Bertz CT molecular complexity index is 154. The van der Waals surface area contributed by atoms with Crippen molar-refractivity contribution in [3.05, 3.63) is 0 Å². The van der Waals surface area contributed by atoms with Crippen molar-refractivity contribution in [2.45, 2.75) is 26.7 Å². The summed E-state index contributed by atoms with van der Waals surface area (Å²) in [5, 5.41) is 1.31. The summed E-state index contributed by atoms with van der Waals surface area (Å²) in [7, 11) is 0. The minimum absolute atomic E-state index is 0.0660. The lowest BCUT2D eigenvalue weighted by Crippen LogP contribution is -2.45. The number of nitrogens with zero attached hydrogens (tertiary/aromatic N) is 1. The number of nitrogens with two attached hydrogens (primary N) is 1. The average Bonchev–Trinajstić information content (AvgIpc) is 1.79. The highest BCUT2D eigenvalue weighted by atomic mass is 16.2. The van der Waals surface area contributed by atoms with Gasteiger partial charge in [-0.15, -0.1) is 0 Å². The lowest BCUT2D eigenvalue weighted by atomic mass is 9.83. The van der Waals surface area contributed by atoms with E-state index in [0.717, 1.165) is 6.42 Å². The van der Waals surface area contributed by atoms with Crippen LogP contribution >= 0.6 is 0 Å². The van der Waals surface area contributed by atoms with Gasteiger partial charge in [-0.25, -0.2) is 5.84 Å². The molecule has 0 spiro atoms. The summed E-state index contributed by atoms with van der Waals surface area (Å²) >= 11 is 0. The van der Waals surface area contributed by atoms with Crippen LogP contribution in [-0.4, -0.2) is 17.5 Å². The van der Waals surface area contributed by atoms with Gasteiger partial charge in [-0.1, -0.05) is 13.8 Å². The van der Waals surface area contributed by atoms with Gasteiger partial charge in [-0.2, -0.15) is 0 Å². The van der Waals surface area contributed by atoms with Gasteiger partial charge in [0, 0.05) is 13.0 Å². The fourth-order valence-corrected chi connectivity index (χ4v) is 1.15. The van der Waals surface area contributed by atoms with Crippen LogP contribution in [0.5, 0.6) is 0 Å². The third-order valence-corrected chi connectivity index (χ3v) is 1.98. The van der Waals surface area contributed by atoms with Crippen LogP contribution in [0.2, 0.25) is 0 Å². The van der Waals surface area contributed by atoms with Gasteiger partial charge in [0.2, 0.25) is 5.91 Å². The molecule has 1 amide bonds. The molecule has 0 bridgehead atoms. The van der Waals surface area contributed by atoms with Crippen LogP contribution in [0, 0.1) is 5.41 Å². The lowest BCUT2D eigenvalue weighted by Gasteiger charge is -2.33. The summed E-state index contributed by atoms with van der Waals surface area (Å²) < 4.78 is 0. The molecule has 58 valence electrons. The van der Waals surface area contributed by atoms with E-state index in [2.05, 4.69) is 13.8 Å². The first-order valence-corrected chi connectivity index (χ1v) is 3.56. The van der Waals surface area contributed by atoms with Crippen LogP contribution in [0.25, 0.3) is 0 Å². The number of amides is 1. The molecule has 10 heavy (non-hydrogen) atoms. The number of carbonyl (C=O) groups is 1. The molecule has 0 saturated carbocycles. The third-order valence-electron chi connectivity index (χ3n) is 1.98. The largest absolute Gasteiger partial charge is 0.281 e. The molecule has 2 N–H and O–H groups in total. The van der Waals surface area contributed by atoms with E-state index in [-0.39, 0.29) is 11.3 Å². The van der Waals surface area contributed by atoms with Crippen molar-refractivity contribution in [3.8, 4) is 0 Å². The van der Waals surface area contributed by atoms with Gasteiger partial charge in [-0.3, -0.25) is 9.80 Å². The summed E-state index contributed by atoms with van der Waals surface area (Å²) in [6.07, 6.45) is 1.60. The highest BCUT2D eigenvalue weighted by Crippen LogP contribution is 2.28. The predicted octanol–water partition coefficient (Wildman–Crippen LogP) is 0.509. The zero-order valence-corrected chi connectivity index (χ0v) is 6.55. The van der Waals surface area contributed by atoms with E-state index in [4.69, 9.17) is 5.84 Å². The molecule has 0 radical (unpaired) electrons. The molecule has 0 aliphatic carbocycles. The zero-order chi connectivity index (χ0) is 7.78. The van der Waals surface area contributed by atoms with E-state index < -0.39 is 0 Å². The first-order valence-electron chi connectivity index (χ1n) is 3.56. The fourth-order valence-electron chi connectivity index (χ4n) is 1.15. The summed E-state index contributed by atoms with van der Waals surface area (Å²) in [4.78, 5) is 11.0. The van der Waals surface area contributed by atoms with Gasteiger partial charge in [-0.05, 0) is 11.8 Å². The molecule has 0 unspecified atom stereocenters. The van der Waals surface area contributed by atoms with Gasteiger partial charge in [0.05, 0.1) is 0 Å². The second kappa shape index (κ2) is 2.23. The maximum absolute atomic E-state index is 11.0. The van der Waals surface area contributed by atoms with Crippen molar-refractivity contribution in [1.82, 2.24) is 5.01 Å². The Morgan fingerprint density at radius 1 is 1.60 bits per heavy atom. The molecule has 0 atom stereocenters. The molecule has 1 fully saturated rings. The monoisotopic (exact) mass is 142 g/mol. The number of hydrogen-bond acceptors (Lipinski definition) is 2. The Balaban J connectivity index is 2.57. The standard InChI is InChI=1S/C7H14N2O/c1-7(2)3-4-9(8)6(10)5-7/h3-5,8H2,1-2H3. The highest BCUT2D eigenvalue weighted by molar-refractivity contribution is 5.76. The Kier molecular flexibility index (Phi) is 1.68. The van der Waals surface area contributed by atoms with Crippen LogP contribution in [-0.2, 0) is 4.79 Å². The van der Waals surface area contributed by atoms with E-state index in [0.29, 0.717) is 13.0 Å². The molecule has 1 heterocycles. The number of hydrazine groups is 1. The van der Waals surface area contributed by atoms with Crippen LogP contribution in [0.15, 0.2) is 0 Å². The van der Waals surface area contributed by atoms with Gasteiger partial charge in [0.15, 0.2) is 0 Å². The van der Waals surface area contributed by atoms with Gasteiger partial charge >= 0.3 is 0 Å². The summed E-state index contributed by atoms with van der Waals surface area (Å²) in [5.74, 6) is 5.45. The molecule has 3 nitrogen and oxygen atoms in total. The SMILES string of the molecule is CC1(C)CCN(N)C(=O)C1. The van der Waals surface area contributed by atoms with Gasteiger partial charge in [0.1, 0.15) is 0 Å². The fraction of sp³-hybridized carbons (Fsp3) is 0.857.